The molecule has 0 aromatic heterocycles. The minimum Gasteiger partial charge on any atom is -0.349 e. The zero-order chi connectivity index (χ0) is 28.9. The minimum atomic E-state index is 0.0361. The van der Waals surface area contributed by atoms with Crippen LogP contribution in [0.4, 0.5) is 0 Å². The highest BCUT2D eigenvalue weighted by Gasteiger charge is 2.70. The van der Waals surface area contributed by atoms with Crippen LogP contribution in [0.15, 0.2) is 60.3 Å². The molecular formula is C38H56O2. The van der Waals surface area contributed by atoms with Gasteiger partial charge in [-0.2, -0.15) is 0 Å². The normalized spacial score (nSPS) is 54.9. The summed E-state index contributed by atoms with van der Waals surface area (Å²) in [5.41, 5.74) is 6.29. The average molecular weight is 545 g/mol. The van der Waals surface area contributed by atoms with Crippen LogP contribution in [-0.2, 0) is 9.47 Å². The van der Waals surface area contributed by atoms with E-state index in [-0.39, 0.29) is 22.3 Å². The van der Waals surface area contributed by atoms with E-state index in [9.17, 15) is 0 Å². The van der Waals surface area contributed by atoms with Crippen molar-refractivity contribution < 1.29 is 9.47 Å². The van der Waals surface area contributed by atoms with Crippen molar-refractivity contribution in [3.63, 3.8) is 0 Å². The summed E-state index contributed by atoms with van der Waals surface area (Å²) in [5, 5.41) is 0. The molecule has 1 heterocycles. The van der Waals surface area contributed by atoms with Crippen LogP contribution in [0.1, 0.15) is 87.5 Å². The molecule has 0 aromatic rings. The van der Waals surface area contributed by atoms with Crippen molar-refractivity contribution in [3.8, 4) is 0 Å². The molecule has 1 aliphatic heterocycles. The van der Waals surface area contributed by atoms with Gasteiger partial charge < -0.3 is 9.47 Å². The molecule has 40 heavy (non-hydrogen) atoms. The molecule has 0 bridgehead atoms. The Morgan fingerprint density at radius 1 is 1.02 bits per heavy atom. The van der Waals surface area contributed by atoms with E-state index < -0.39 is 0 Å². The Morgan fingerprint density at radius 3 is 2.42 bits per heavy atom. The molecule has 6 aliphatic rings. The van der Waals surface area contributed by atoms with Gasteiger partial charge in [-0.15, -0.1) is 0 Å². The summed E-state index contributed by atoms with van der Waals surface area (Å²) in [7, 11) is 0. The van der Waals surface area contributed by atoms with E-state index in [4.69, 9.17) is 22.6 Å². The topological polar surface area (TPSA) is 18.5 Å². The monoisotopic (exact) mass is 544 g/mol. The van der Waals surface area contributed by atoms with Crippen molar-refractivity contribution in [3.05, 3.63) is 60.3 Å². The van der Waals surface area contributed by atoms with Crippen molar-refractivity contribution in [2.24, 2.45) is 69.5 Å². The second kappa shape index (κ2) is 9.57. The summed E-state index contributed by atoms with van der Waals surface area (Å²) in [6.45, 7) is 35.1. The first-order valence-corrected chi connectivity index (χ1v) is 16.4. The second-order valence-electron chi connectivity index (χ2n) is 15.9. The van der Waals surface area contributed by atoms with Crippen LogP contribution < -0.4 is 0 Å². The summed E-state index contributed by atoms with van der Waals surface area (Å²) >= 11 is 0. The quantitative estimate of drug-likeness (QED) is 0.322. The van der Waals surface area contributed by atoms with Crippen LogP contribution in [0.3, 0.4) is 0 Å². The van der Waals surface area contributed by atoms with E-state index in [1.807, 2.05) is 0 Å². The molecule has 0 N–H and O–H groups in total. The lowest BCUT2D eigenvalue weighted by atomic mass is 9.30. The van der Waals surface area contributed by atoms with Gasteiger partial charge in [0.25, 0.3) is 0 Å². The highest BCUT2D eigenvalue weighted by molar-refractivity contribution is 5.43. The van der Waals surface area contributed by atoms with Crippen LogP contribution in [0.5, 0.6) is 0 Å². The van der Waals surface area contributed by atoms with Crippen LogP contribution >= 0.6 is 0 Å². The molecule has 6 rings (SSSR count). The molecule has 4 saturated carbocycles. The van der Waals surface area contributed by atoms with E-state index >= 15 is 0 Å². The molecule has 5 aliphatic carbocycles. The lowest BCUT2D eigenvalue weighted by Crippen LogP contribution is -2.67. The Hall–Kier alpha value is -1.38. The first-order chi connectivity index (χ1) is 18.8. The van der Waals surface area contributed by atoms with Crippen molar-refractivity contribution in [1.29, 1.82) is 0 Å². The Morgan fingerprint density at radius 2 is 1.73 bits per heavy atom. The molecule has 2 nitrogen and oxygen atoms in total. The molecule has 0 radical (unpaired) electrons. The maximum absolute atomic E-state index is 6.05. The maximum Gasteiger partial charge on any atom is 0.147 e. The van der Waals surface area contributed by atoms with Gasteiger partial charge in [-0.25, -0.2) is 0 Å². The number of fused-ring (bicyclic) bond motifs is 4. The fourth-order valence-corrected chi connectivity index (χ4v) is 12.2. The predicted octanol–water partition coefficient (Wildman–Crippen LogP) is 9.56. The highest BCUT2D eigenvalue weighted by atomic mass is 16.7. The maximum atomic E-state index is 6.05. The Balaban J connectivity index is 1.51. The Bertz CT molecular complexity index is 1160. The van der Waals surface area contributed by atoms with E-state index in [1.165, 1.54) is 29.6 Å². The summed E-state index contributed by atoms with van der Waals surface area (Å²) in [6.07, 6.45) is 14.1. The van der Waals surface area contributed by atoms with Gasteiger partial charge in [0.2, 0.25) is 0 Å². The third kappa shape index (κ3) is 3.60. The third-order valence-electron chi connectivity index (χ3n) is 14.4. The summed E-state index contributed by atoms with van der Waals surface area (Å²) < 4.78 is 11.9. The van der Waals surface area contributed by atoms with Gasteiger partial charge in [-0.1, -0.05) is 109 Å². The van der Waals surface area contributed by atoms with Gasteiger partial charge in [0.05, 0.1) is 12.2 Å². The van der Waals surface area contributed by atoms with Gasteiger partial charge in [-0.3, -0.25) is 0 Å². The lowest BCUT2D eigenvalue weighted by molar-refractivity contribution is -0.174. The van der Waals surface area contributed by atoms with Crippen LogP contribution in [-0.4, -0.2) is 19.0 Å². The largest absolute Gasteiger partial charge is 0.349 e. The zero-order valence-corrected chi connectivity index (χ0v) is 26.8. The first kappa shape index (κ1) is 28.7. The van der Waals surface area contributed by atoms with E-state index in [2.05, 4.69) is 80.2 Å². The molecule has 0 amide bonds. The molecule has 5 fully saturated rings. The number of rotatable bonds is 2. The SMILES string of the molecule is C=C(C)C1C(=C)C2(C)C(C)C3C(=C)C4C(C)C=CCC4/C(=C\C4CCC5OCOC5C4)C3(C)C(C)C2(C)CC1C. The summed E-state index contributed by atoms with van der Waals surface area (Å²) in [6, 6.07) is 0. The zero-order valence-electron chi connectivity index (χ0n) is 26.8. The third-order valence-corrected chi connectivity index (χ3v) is 14.4. The van der Waals surface area contributed by atoms with Gasteiger partial charge >= 0.3 is 0 Å². The Kier molecular flexibility index (Phi) is 6.87. The van der Waals surface area contributed by atoms with Crippen molar-refractivity contribution in [1.82, 2.24) is 0 Å². The van der Waals surface area contributed by atoms with E-state index in [0.29, 0.717) is 66.2 Å². The van der Waals surface area contributed by atoms with Crippen LogP contribution in [0.2, 0.25) is 0 Å². The molecule has 0 spiro atoms. The molecule has 1 saturated heterocycles. The smallest absolute Gasteiger partial charge is 0.147 e. The van der Waals surface area contributed by atoms with Gasteiger partial charge in [-0.05, 0) is 103 Å². The number of hydrogen-bond acceptors (Lipinski definition) is 2. The summed E-state index contributed by atoms with van der Waals surface area (Å²) in [5.74, 6) is 4.58. The minimum absolute atomic E-state index is 0.0361. The van der Waals surface area contributed by atoms with Crippen LogP contribution in [0.25, 0.3) is 0 Å². The van der Waals surface area contributed by atoms with Crippen molar-refractivity contribution in [2.75, 3.05) is 6.79 Å². The van der Waals surface area contributed by atoms with E-state index in [1.54, 1.807) is 5.57 Å². The molecule has 14 unspecified atom stereocenters. The Labute approximate surface area is 245 Å². The molecule has 220 valence electrons. The van der Waals surface area contributed by atoms with Gasteiger partial charge in [0.15, 0.2) is 0 Å². The lowest BCUT2D eigenvalue weighted by Gasteiger charge is -2.73. The van der Waals surface area contributed by atoms with Crippen molar-refractivity contribution in [2.45, 2.75) is 99.7 Å². The predicted molar refractivity (Wildman–Crippen MR) is 166 cm³/mol. The van der Waals surface area contributed by atoms with Crippen molar-refractivity contribution >= 4 is 0 Å². The van der Waals surface area contributed by atoms with Gasteiger partial charge in [0.1, 0.15) is 6.79 Å². The summed E-state index contributed by atoms with van der Waals surface area (Å²) in [4.78, 5) is 0. The number of ether oxygens (including phenoxy) is 2. The first-order valence-electron chi connectivity index (χ1n) is 16.4. The van der Waals surface area contributed by atoms with Crippen LogP contribution in [0, 0.1) is 69.5 Å². The molecule has 14 atom stereocenters. The number of allylic oxidation sites excluding steroid dienone is 7. The number of hydrogen-bond donors (Lipinski definition) is 0. The van der Waals surface area contributed by atoms with E-state index in [0.717, 1.165) is 19.3 Å². The molecular weight excluding hydrogens is 488 g/mol. The fourth-order valence-electron chi connectivity index (χ4n) is 12.2. The fraction of sp³-hybridized carbons (Fsp3) is 0.737. The average Bonchev–Trinajstić information content (AvgIpc) is 3.36. The molecule has 0 aromatic carbocycles. The standard InChI is InChI=1S/C38H56O2/c1-21(2)33-23(4)19-36(9)27(8)37(10)30(17-28-15-16-31-32(18-28)40-20-39-31)29-14-12-13-22(3)34(29)24(5)35(37)26(7)38(36,11)25(33)6/h12-13,17,22-23,26-29,31-35H,1,5-6,14-16,18-20H2,2-4,7-11H3/b30-17+. The second-order valence-corrected chi connectivity index (χ2v) is 15.9. The highest BCUT2D eigenvalue weighted by Crippen LogP contribution is 2.77. The van der Waals surface area contributed by atoms with Gasteiger partial charge in [0, 0.05) is 5.92 Å². The molecule has 2 heteroatoms.